The van der Waals surface area contributed by atoms with E-state index in [1.54, 1.807) is 0 Å². The quantitative estimate of drug-likeness (QED) is 0.379. The molecule has 2 nitrogen and oxygen atoms in total. The number of carbonyl (C=O) groups excluding carboxylic acids is 1. The Kier molecular flexibility index (Phi) is 3.76. The van der Waals surface area contributed by atoms with Gasteiger partial charge in [0.1, 0.15) is 0 Å². The minimum atomic E-state index is -1.14. The van der Waals surface area contributed by atoms with E-state index < -0.39 is 10.8 Å². The highest BCUT2D eigenvalue weighted by atomic mass is 35.5. The fourth-order valence-electron chi connectivity index (χ4n) is 0.253. The number of hydrogen-bond acceptors (Lipinski definition) is 2. The summed E-state index contributed by atoms with van der Waals surface area (Å²) in [6.07, 6.45) is 1.02. The Labute approximate surface area is 69.8 Å². The van der Waals surface area contributed by atoms with E-state index in [1.807, 2.05) is 0 Å². The molecular formula is C6H8Cl2O2. The molecule has 0 bridgehead atoms. The summed E-state index contributed by atoms with van der Waals surface area (Å²) in [5, 5.41) is 0. The van der Waals surface area contributed by atoms with Crippen molar-refractivity contribution in [3.8, 4) is 0 Å². The van der Waals surface area contributed by atoms with E-state index in [1.165, 1.54) is 6.92 Å². The van der Waals surface area contributed by atoms with Crippen LogP contribution in [0.3, 0.4) is 0 Å². The molecule has 58 valence electrons. The van der Waals surface area contributed by atoms with Gasteiger partial charge in [-0.25, -0.2) is 4.79 Å². The second-order valence-electron chi connectivity index (χ2n) is 1.90. The van der Waals surface area contributed by atoms with Crippen molar-refractivity contribution in [1.82, 2.24) is 0 Å². The summed E-state index contributed by atoms with van der Waals surface area (Å²) in [5.74, 6) is -0.569. The summed E-state index contributed by atoms with van der Waals surface area (Å²) in [7, 11) is 0. The van der Waals surface area contributed by atoms with Crippen molar-refractivity contribution in [1.29, 1.82) is 0 Å². The first-order valence-corrected chi connectivity index (χ1v) is 3.52. The first-order chi connectivity index (χ1) is 4.54. The van der Waals surface area contributed by atoms with Crippen LogP contribution in [-0.4, -0.2) is 16.7 Å². The molecule has 0 rings (SSSR count). The molecule has 0 aromatic rings. The Morgan fingerprint density at radius 3 is 2.70 bits per heavy atom. The van der Waals surface area contributed by atoms with E-state index in [2.05, 4.69) is 11.3 Å². The van der Waals surface area contributed by atoms with Crippen molar-refractivity contribution in [2.45, 2.75) is 11.8 Å². The van der Waals surface area contributed by atoms with Gasteiger partial charge in [0.05, 0.1) is 12.1 Å². The van der Waals surface area contributed by atoms with Crippen molar-refractivity contribution >= 4 is 29.2 Å². The van der Waals surface area contributed by atoms with Crippen molar-refractivity contribution in [2.24, 2.45) is 0 Å². The molecule has 0 radical (unpaired) electrons. The molecule has 0 saturated heterocycles. The minimum Gasteiger partial charge on any atom is -0.434 e. The molecule has 10 heavy (non-hydrogen) atoms. The lowest BCUT2D eigenvalue weighted by atomic mass is 10.2. The maximum atomic E-state index is 10.8. The second-order valence-corrected chi connectivity index (χ2v) is 3.00. The predicted octanol–water partition coefficient (Wildman–Crippen LogP) is 1.91. The van der Waals surface area contributed by atoms with Crippen LogP contribution in [0, 0.1) is 0 Å². The highest BCUT2D eigenvalue weighted by Gasteiger charge is 2.30. The van der Waals surface area contributed by atoms with E-state index in [4.69, 9.17) is 23.2 Å². The number of halogens is 2. The van der Waals surface area contributed by atoms with Crippen LogP contribution in [0.1, 0.15) is 6.92 Å². The lowest BCUT2D eigenvalue weighted by Gasteiger charge is -2.14. The molecule has 0 heterocycles. The molecule has 0 aliphatic carbocycles. The van der Waals surface area contributed by atoms with Gasteiger partial charge in [-0.2, -0.15) is 0 Å². The van der Waals surface area contributed by atoms with Gasteiger partial charge < -0.3 is 4.74 Å². The first kappa shape index (κ1) is 9.79. The fraction of sp³-hybridized carbons (Fsp3) is 0.500. The Balaban J connectivity index is 4.03. The SMILES string of the molecule is C=COC(=O)C(C)(Cl)CCl. The number of carbonyl (C=O) groups is 1. The molecule has 4 heteroatoms. The predicted molar refractivity (Wildman–Crippen MR) is 41.3 cm³/mol. The third-order valence-corrected chi connectivity index (χ3v) is 1.83. The van der Waals surface area contributed by atoms with Gasteiger partial charge in [0.2, 0.25) is 0 Å². The topological polar surface area (TPSA) is 26.3 Å². The molecule has 0 fully saturated rings. The van der Waals surface area contributed by atoms with Crippen LogP contribution >= 0.6 is 23.2 Å². The molecule has 0 aliphatic heterocycles. The van der Waals surface area contributed by atoms with Gasteiger partial charge in [-0.1, -0.05) is 6.58 Å². The molecule has 0 amide bonds. The van der Waals surface area contributed by atoms with Gasteiger partial charge in [0, 0.05) is 0 Å². The van der Waals surface area contributed by atoms with Gasteiger partial charge in [0.25, 0.3) is 0 Å². The Morgan fingerprint density at radius 2 is 2.40 bits per heavy atom. The highest BCUT2D eigenvalue weighted by Crippen LogP contribution is 2.17. The van der Waals surface area contributed by atoms with Gasteiger partial charge in [0.15, 0.2) is 4.87 Å². The highest BCUT2D eigenvalue weighted by molar-refractivity contribution is 6.38. The van der Waals surface area contributed by atoms with Crippen LogP contribution in [0.25, 0.3) is 0 Å². The number of esters is 1. The summed E-state index contributed by atoms with van der Waals surface area (Å²) in [5.41, 5.74) is 0. The lowest BCUT2D eigenvalue weighted by Crippen LogP contribution is -2.31. The molecule has 0 aromatic carbocycles. The third kappa shape index (κ3) is 2.58. The van der Waals surface area contributed by atoms with E-state index in [0.717, 1.165) is 6.26 Å². The average Bonchev–Trinajstić information content (AvgIpc) is 1.89. The van der Waals surface area contributed by atoms with Gasteiger partial charge >= 0.3 is 5.97 Å². The number of alkyl halides is 2. The molecule has 1 atom stereocenters. The number of hydrogen-bond donors (Lipinski definition) is 0. The normalized spacial score (nSPS) is 15.5. The largest absolute Gasteiger partial charge is 0.434 e. The van der Waals surface area contributed by atoms with Crippen LogP contribution in [-0.2, 0) is 9.53 Å². The van der Waals surface area contributed by atoms with Crippen LogP contribution in [0.15, 0.2) is 12.8 Å². The van der Waals surface area contributed by atoms with Crippen molar-refractivity contribution in [3.63, 3.8) is 0 Å². The van der Waals surface area contributed by atoms with Crippen molar-refractivity contribution in [2.75, 3.05) is 5.88 Å². The average molecular weight is 183 g/mol. The Hall–Kier alpha value is -0.210. The molecule has 1 unspecified atom stereocenters. The molecule has 0 N–H and O–H groups in total. The summed E-state index contributed by atoms with van der Waals surface area (Å²) < 4.78 is 4.41. The lowest BCUT2D eigenvalue weighted by molar-refractivity contribution is -0.140. The summed E-state index contributed by atoms with van der Waals surface area (Å²) in [6, 6.07) is 0. The van der Waals surface area contributed by atoms with Crippen LogP contribution in [0.2, 0.25) is 0 Å². The van der Waals surface area contributed by atoms with Crippen LogP contribution < -0.4 is 0 Å². The molecule has 0 aliphatic rings. The summed E-state index contributed by atoms with van der Waals surface area (Å²) in [6.45, 7) is 4.68. The minimum absolute atomic E-state index is 0.0151. The van der Waals surface area contributed by atoms with Crippen molar-refractivity contribution < 1.29 is 9.53 Å². The van der Waals surface area contributed by atoms with Crippen LogP contribution in [0.5, 0.6) is 0 Å². The zero-order valence-corrected chi connectivity index (χ0v) is 7.08. The van der Waals surface area contributed by atoms with E-state index in [9.17, 15) is 4.79 Å². The van der Waals surface area contributed by atoms with Crippen LogP contribution in [0.4, 0.5) is 0 Å². The van der Waals surface area contributed by atoms with E-state index in [0.29, 0.717) is 0 Å². The second kappa shape index (κ2) is 3.84. The maximum absolute atomic E-state index is 10.8. The third-order valence-electron chi connectivity index (χ3n) is 0.867. The van der Waals surface area contributed by atoms with E-state index in [-0.39, 0.29) is 5.88 Å². The molecule has 0 aromatic heterocycles. The monoisotopic (exact) mass is 182 g/mol. The Morgan fingerprint density at radius 1 is 1.90 bits per heavy atom. The fourth-order valence-corrected chi connectivity index (χ4v) is 0.407. The van der Waals surface area contributed by atoms with Gasteiger partial charge in [-0.05, 0) is 6.92 Å². The smallest absolute Gasteiger partial charge is 0.332 e. The molecule has 0 spiro atoms. The standard InChI is InChI=1S/C6H8Cl2O2/c1-3-10-5(9)6(2,8)4-7/h3H,1,4H2,2H3. The zero-order chi connectivity index (χ0) is 8.20. The van der Waals surface area contributed by atoms with Crippen molar-refractivity contribution in [3.05, 3.63) is 12.8 Å². The number of ether oxygens (including phenoxy) is 1. The van der Waals surface area contributed by atoms with Gasteiger partial charge in [-0.15, -0.1) is 23.2 Å². The summed E-state index contributed by atoms with van der Waals surface area (Å²) >= 11 is 11.0. The molecule has 0 saturated carbocycles. The summed E-state index contributed by atoms with van der Waals surface area (Å²) in [4.78, 5) is 9.64. The maximum Gasteiger partial charge on any atom is 0.332 e. The zero-order valence-electron chi connectivity index (χ0n) is 5.56. The first-order valence-electron chi connectivity index (χ1n) is 2.61. The molecular weight excluding hydrogens is 175 g/mol. The Bertz CT molecular complexity index is 143. The van der Waals surface area contributed by atoms with E-state index >= 15 is 0 Å². The number of rotatable bonds is 3. The van der Waals surface area contributed by atoms with Gasteiger partial charge in [-0.3, -0.25) is 0 Å².